The second kappa shape index (κ2) is 4.43. The molecular formula is C12H19N. The number of nitrogens with two attached hydrogens (primary N) is 1. The van der Waals surface area contributed by atoms with Crippen LogP contribution in [0, 0.1) is 5.92 Å². The lowest BCUT2D eigenvalue weighted by Gasteiger charge is -2.18. The molecule has 0 radical (unpaired) electrons. The molecule has 0 aliphatic rings. The van der Waals surface area contributed by atoms with Crippen LogP contribution >= 0.6 is 0 Å². The van der Waals surface area contributed by atoms with Gasteiger partial charge in [0, 0.05) is 6.04 Å². The largest absolute Gasteiger partial charge is 0.324 e. The van der Waals surface area contributed by atoms with Gasteiger partial charge in [-0.2, -0.15) is 0 Å². The molecule has 0 bridgehead atoms. The molecule has 0 saturated heterocycles. The maximum Gasteiger partial charge on any atom is 0.0320 e. The van der Waals surface area contributed by atoms with E-state index in [1.807, 2.05) is 0 Å². The van der Waals surface area contributed by atoms with Gasteiger partial charge in [0.1, 0.15) is 0 Å². The van der Waals surface area contributed by atoms with Crippen molar-refractivity contribution < 1.29 is 0 Å². The summed E-state index contributed by atoms with van der Waals surface area (Å²) in [4.78, 5) is 0. The average Bonchev–Trinajstić information content (AvgIpc) is 2.16. The van der Waals surface area contributed by atoms with Crippen LogP contribution in [0.1, 0.15) is 37.9 Å². The molecule has 0 aliphatic carbocycles. The average molecular weight is 177 g/mol. The van der Waals surface area contributed by atoms with Crippen LogP contribution in [0.3, 0.4) is 0 Å². The molecule has 13 heavy (non-hydrogen) atoms. The summed E-state index contributed by atoms with van der Waals surface area (Å²) >= 11 is 0. The lowest BCUT2D eigenvalue weighted by molar-refractivity contribution is 0.511. The Morgan fingerprint density at radius 2 is 1.85 bits per heavy atom. The first-order valence-corrected chi connectivity index (χ1v) is 5.00. The van der Waals surface area contributed by atoms with Crippen molar-refractivity contribution in [2.45, 2.75) is 33.2 Å². The maximum absolute atomic E-state index is 6.11. The molecule has 1 atom stereocenters. The highest BCUT2D eigenvalue weighted by molar-refractivity contribution is 5.30. The third-order valence-electron chi connectivity index (χ3n) is 2.51. The zero-order valence-electron chi connectivity index (χ0n) is 8.75. The number of hydrogen-bond donors (Lipinski definition) is 1. The molecule has 1 aromatic carbocycles. The molecule has 1 heteroatoms. The quantitative estimate of drug-likeness (QED) is 0.754. The molecule has 0 heterocycles. The molecule has 2 N–H and O–H groups in total. The number of hydrogen-bond acceptors (Lipinski definition) is 1. The van der Waals surface area contributed by atoms with Crippen molar-refractivity contribution in [1.29, 1.82) is 0 Å². The van der Waals surface area contributed by atoms with Gasteiger partial charge in [0.25, 0.3) is 0 Å². The minimum Gasteiger partial charge on any atom is -0.324 e. The van der Waals surface area contributed by atoms with E-state index >= 15 is 0 Å². The predicted octanol–water partition coefficient (Wildman–Crippen LogP) is 2.90. The minimum atomic E-state index is 0.177. The maximum atomic E-state index is 6.11. The van der Waals surface area contributed by atoms with Gasteiger partial charge in [0.2, 0.25) is 0 Å². The summed E-state index contributed by atoms with van der Waals surface area (Å²) in [6.45, 7) is 6.50. The fraction of sp³-hybridized carbons (Fsp3) is 0.500. The molecule has 72 valence electrons. The van der Waals surface area contributed by atoms with Crippen molar-refractivity contribution in [3.8, 4) is 0 Å². The van der Waals surface area contributed by atoms with Gasteiger partial charge >= 0.3 is 0 Å². The zero-order valence-corrected chi connectivity index (χ0v) is 8.75. The molecule has 0 unspecified atom stereocenters. The fourth-order valence-electron chi connectivity index (χ4n) is 1.54. The number of aryl methyl sites for hydroxylation is 1. The van der Waals surface area contributed by atoms with E-state index in [4.69, 9.17) is 5.73 Å². The Labute approximate surface area is 81.0 Å². The van der Waals surface area contributed by atoms with Crippen molar-refractivity contribution in [2.24, 2.45) is 11.7 Å². The Morgan fingerprint density at radius 3 is 2.38 bits per heavy atom. The molecule has 0 saturated carbocycles. The molecule has 0 aromatic heterocycles. The van der Waals surface area contributed by atoms with Crippen molar-refractivity contribution in [3.63, 3.8) is 0 Å². The van der Waals surface area contributed by atoms with Crippen LogP contribution in [0.2, 0.25) is 0 Å². The molecule has 1 rings (SSSR count). The second-order valence-electron chi connectivity index (χ2n) is 3.82. The lowest BCUT2D eigenvalue weighted by atomic mass is 9.92. The van der Waals surface area contributed by atoms with Gasteiger partial charge in [0.05, 0.1) is 0 Å². The van der Waals surface area contributed by atoms with E-state index in [-0.39, 0.29) is 6.04 Å². The summed E-state index contributed by atoms with van der Waals surface area (Å²) in [6, 6.07) is 8.63. The fourth-order valence-corrected chi connectivity index (χ4v) is 1.54. The molecule has 0 fully saturated rings. The smallest absolute Gasteiger partial charge is 0.0320 e. The molecule has 0 spiro atoms. The Balaban J connectivity index is 2.98. The van der Waals surface area contributed by atoms with Gasteiger partial charge in [-0.15, -0.1) is 0 Å². The highest BCUT2D eigenvalue weighted by Crippen LogP contribution is 2.22. The van der Waals surface area contributed by atoms with E-state index in [2.05, 4.69) is 45.0 Å². The Morgan fingerprint density at radius 1 is 1.23 bits per heavy atom. The van der Waals surface area contributed by atoms with Crippen molar-refractivity contribution in [1.82, 2.24) is 0 Å². The predicted molar refractivity (Wildman–Crippen MR) is 57.6 cm³/mol. The first-order valence-electron chi connectivity index (χ1n) is 5.00. The van der Waals surface area contributed by atoms with Crippen LogP contribution in [-0.4, -0.2) is 0 Å². The van der Waals surface area contributed by atoms with E-state index in [9.17, 15) is 0 Å². The van der Waals surface area contributed by atoms with E-state index in [0.717, 1.165) is 6.42 Å². The summed E-state index contributed by atoms with van der Waals surface area (Å²) in [5.74, 6) is 0.507. The van der Waals surface area contributed by atoms with E-state index in [0.29, 0.717) is 5.92 Å². The van der Waals surface area contributed by atoms with E-state index < -0.39 is 0 Å². The van der Waals surface area contributed by atoms with Crippen LogP contribution in [0.25, 0.3) is 0 Å². The third kappa shape index (κ3) is 2.31. The third-order valence-corrected chi connectivity index (χ3v) is 2.51. The van der Waals surface area contributed by atoms with Gasteiger partial charge < -0.3 is 5.73 Å². The SMILES string of the molecule is CCc1ccccc1[C@H](N)C(C)C. The first kappa shape index (κ1) is 10.3. The molecular weight excluding hydrogens is 158 g/mol. The minimum absolute atomic E-state index is 0.177. The van der Waals surface area contributed by atoms with Crippen molar-refractivity contribution in [3.05, 3.63) is 35.4 Å². The standard InChI is InChI=1S/C12H19N/c1-4-10-7-5-6-8-11(10)12(13)9(2)3/h5-9,12H,4,13H2,1-3H3/t12-/m1/s1. The Hall–Kier alpha value is -0.820. The Kier molecular flexibility index (Phi) is 3.49. The highest BCUT2D eigenvalue weighted by Gasteiger charge is 2.12. The van der Waals surface area contributed by atoms with Crippen molar-refractivity contribution in [2.75, 3.05) is 0 Å². The van der Waals surface area contributed by atoms with Gasteiger partial charge in [-0.1, -0.05) is 45.0 Å². The summed E-state index contributed by atoms with van der Waals surface area (Å²) in [6.07, 6.45) is 1.07. The first-order chi connectivity index (χ1) is 6.16. The van der Waals surface area contributed by atoms with Crippen LogP contribution in [-0.2, 0) is 6.42 Å². The molecule has 1 nitrogen and oxygen atoms in total. The summed E-state index contributed by atoms with van der Waals surface area (Å²) < 4.78 is 0. The summed E-state index contributed by atoms with van der Waals surface area (Å²) in [7, 11) is 0. The lowest BCUT2D eigenvalue weighted by Crippen LogP contribution is -2.18. The molecule has 1 aromatic rings. The Bertz CT molecular complexity index is 266. The van der Waals surface area contributed by atoms with Crippen LogP contribution in [0.5, 0.6) is 0 Å². The number of rotatable bonds is 3. The monoisotopic (exact) mass is 177 g/mol. The van der Waals surface area contributed by atoms with Crippen LogP contribution in [0.4, 0.5) is 0 Å². The number of benzene rings is 1. The molecule has 0 amide bonds. The van der Waals surface area contributed by atoms with Gasteiger partial charge in [-0.3, -0.25) is 0 Å². The highest BCUT2D eigenvalue weighted by atomic mass is 14.6. The zero-order chi connectivity index (χ0) is 9.84. The summed E-state index contributed by atoms with van der Waals surface area (Å²) in [5, 5.41) is 0. The van der Waals surface area contributed by atoms with Crippen LogP contribution < -0.4 is 5.73 Å². The topological polar surface area (TPSA) is 26.0 Å². The van der Waals surface area contributed by atoms with Gasteiger partial charge in [-0.05, 0) is 23.5 Å². The normalized spacial score (nSPS) is 13.3. The second-order valence-corrected chi connectivity index (χ2v) is 3.82. The van der Waals surface area contributed by atoms with E-state index in [1.54, 1.807) is 0 Å². The van der Waals surface area contributed by atoms with Gasteiger partial charge in [-0.25, -0.2) is 0 Å². The summed E-state index contributed by atoms with van der Waals surface area (Å²) in [5.41, 5.74) is 8.80. The molecule has 0 aliphatic heterocycles. The van der Waals surface area contributed by atoms with Crippen molar-refractivity contribution >= 4 is 0 Å². The van der Waals surface area contributed by atoms with Gasteiger partial charge in [0.15, 0.2) is 0 Å². The van der Waals surface area contributed by atoms with Crippen LogP contribution in [0.15, 0.2) is 24.3 Å². The van der Waals surface area contributed by atoms with E-state index in [1.165, 1.54) is 11.1 Å².